The van der Waals surface area contributed by atoms with E-state index in [0.717, 1.165) is 17.5 Å². The van der Waals surface area contributed by atoms with Gasteiger partial charge in [0, 0.05) is 11.1 Å². The van der Waals surface area contributed by atoms with Crippen LogP contribution >= 0.6 is 0 Å². The smallest absolute Gasteiger partial charge is 0.335 e. The Labute approximate surface area is 156 Å². The number of hydrogen-bond donors (Lipinski definition) is 2. The van der Waals surface area contributed by atoms with Crippen LogP contribution in [0.15, 0.2) is 59.7 Å². The summed E-state index contributed by atoms with van der Waals surface area (Å²) in [5.41, 5.74) is 3.37. The standard InChI is InChI=1S/C22H18O5/c23-20-18(12-14-4-8-16(9-5-14)21(24)25)2-1-3-19(20)13-15-6-10-17(11-7-15)22(26)27/h4-13H,1-3H2,(H,24,25)(H,26,27)/b18-12-,19-13+. The van der Waals surface area contributed by atoms with E-state index >= 15 is 0 Å². The van der Waals surface area contributed by atoms with Crippen LogP contribution in [-0.2, 0) is 4.79 Å². The van der Waals surface area contributed by atoms with Gasteiger partial charge < -0.3 is 10.2 Å². The molecule has 0 saturated heterocycles. The van der Waals surface area contributed by atoms with Crippen LogP contribution in [0.4, 0.5) is 0 Å². The van der Waals surface area contributed by atoms with Gasteiger partial charge in [-0.1, -0.05) is 24.3 Å². The third-order valence-corrected chi connectivity index (χ3v) is 4.47. The van der Waals surface area contributed by atoms with Crippen molar-refractivity contribution in [3.05, 3.63) is 81.9 Å². The van der Waals surface area contributed by atoms with E-state index in [1.165, 1.54) is 24.3 Å². The van der Waals surface area contributed by atoms with Crippen LogP contribution < -0.4 is 0 Å². The Morgan fingerprint density at radius 2 is 1.07 bits per heavy atom. The Morgan fingerprint density at radius 3 is 1.41 bits per heavy atom. The van der Waals surface area contributed by atoms with E-state index in [9.17, 15) is 14.4 Å². The average Bonchev–Trinajstić information content (AvgIpc) is 2.66. The van der Waals surface area contributed by atoms with Gasteiger partial charge in [0.1, 0.15) is 0 Å². The van der Waals surface area contributed by atoms with Crippen molar-refractivity contribution in [1.29, 1.82) is 0 Å². The van der Waals surface area contributed by atoms with Crippen molar-refractivity contribution in [2.45, 2.75) is 19.3 Å². The van der Waals surface area contributed by atoms with Gasteiger partial charge in [0.15, 0.2) is 5.78 Å². The van der Waals surface area contributed by atoms with Crippen molar-refractivity contribution >= 4 is 29.9 Å². The first-order valence-electron chi connectivity index (χ1n) is 8.56. The molecule has 1 fully saturated rings. The number of allylic oxidation sites excluding steroid dienone is 2. The van der Waals surface area contributed by atoms with E-state index < -0.39 is 11.9 Å². The van der Waals surface area contributed by atoms with E-state index in [-0.39, 0.29) is 16.9 Å². The lowest BCUT2D eigenvalue weighted by molar-refractivity contribution is -0.112. The summed E-state index contributed by atoms with van der Waals surface area (Å²) in [5.74, 6) is -1.99. The zero-order chi connectivity index (χ0) is 19.4. The minimum atomic E-state index is -0.984. The molecule has 5 nitrogen and oxygen atoms in total. The van der Waals surface area contributed by atoms with Crippen molar-refractivity contribution in [3.63, 3.8) is 0 Å². The molecule has 0 aliphatic heterocycles. The van der Waals surface area contributed by atoms with Crippen molar-refractivity contribution in [2.24, 2.45) is 0 Å². The second-order valence-corrected chi connectivity index (χ2v) is 6.38. The second kappa shape index (κ2) is 7.83. The van der Waals surface area contributed by atoms with Crippen molar-refractivity contribution in [1.82, 2.24) is 0 Å². The quantitative estimate of drug-likeness (QED) is 0.791. The molecule has 3 rings (SSSR count). The molecule has 2 N–H and O–H groups in total. The Balaban J connectivity index is 1.82. The first-order chi connectivity index (χ1) is 12.9. The molecule has 0 amide bonds. The summed E-state index contributed by atoms with van der Waals surface area (Å²) in [6.45, 7) is 0. The Bertz CT molecular complexity index is 870. The second-order valence-electron chi connectivity index (χ2n) is 6.38. The van der Waals surface area contributed by atoms with Crippen LogP contribution in [0, 0.1) is 0 Å². The first-order valence-corrected chi connectivity index (χ1v) is 8.56. The molecule has 0 aromatic heterocycles. The number of carboxylic acid groups (broad SMARTS) is 2. The fraction of sp³-hybridized carbons (Fsp3) is 0.136. The number of carbonyl (C=O) groups excluding carboxylic acids is 1. The van der Waals surface area contributed by atoms with Gasteiger partial charge in [-0.05, 0) is 66.8 Å². The summed E-state index contributed by atoms with van der Waals surface area (Å²) in [7, 11) is 0. The number of carbonyl (C=O) groups is 3. The van der Waals surface area contributed by atoms with Gasteiger partial charge in [-0.3, -0.25) is 4.79 Å². The van der Waals surface area contributed by atoms with Gasteiger partial charge in [0.05, 0.1) is 11.1 Å². The Hall–Kier alpha value is -3.47. The molecule has 0 heterocycles. The average molecular weight is 362 g/mol. The lowest BCUT2D eigenvalue weighted by Gasteiger charge is -2.16. The van der Waals surface area contributed by atoms with Gasteiger partial charge in [0.25, 0.3) is 0 Å². The summed E-state index contributed by atoms with van der Waals surface area (Å²) in [4.78, 5) is 34.6. The van der Waals surface area contributed by atoms with Gasteiger partial charge in [-0.15, -0.1) is 0 Å². The lowest BCUT2D eigenvalue weighted by atomic mass is 9.86. The Morgan fingerprint density at radius 1 is 0.704 bits per heavy atom. The summed E-state index contributed by atoms with van der Waals surface area (Å²) >= 11 is 0. The number of Topliss-reactive ketones (excluding diaryl/α,β-unsaturated/α-hetero) is 1. The number of ketones is 1. The summed E-state index contributed by atoms with van der Waals surface area (Å²) in [6.07, 6.45) is 5.80. The van der Waals surface area contributed by atoms with Crippen LogP contribution in [0.1, 0.15) is 51.1 Å². The molecule has 2 aromatic carbocycles. The highest BCUT2D eigenvalue weighted by Crippen LogP contribution is 2.28. The van der Waals surface area contributed by atoms with Crippen molar-refractivity contribution < 1.29 is 24.6 Å². The van der Waals surface area contributed by atoms with Crippen molar-refractivity contribution in [2.75, 3.05) is 0 Å². The van der Waals surface area contributed by atoms with Crippen LogP contribution in [0.3, 0.4) is 0 Å². The molecule has 136 valence electrons. The van der Waals surface area contributed by atoms with Crippen LogP contribution in [0.25, 0.3) is 12.2 Å². The minimum Gasteiger partial charge on any atom is -0.478 e. The SMILES string of the molecule is O=C1/C(=C\c2ccc(C(=O)O)cc2)CCC/C1=C\c1ccc(C(=O)O)cc1. The molecule has 0 atom stereocenters. The van der Waals surface area contributed by atoms with Crippen LogP contribution in [0.2, 0.25) is 0 Å². The fourth-order valence-electron chi connectivity index (χ4n) is 3.02. The highest BCUT2D eigenvalue weighted by molar-refractivity contribution is 6.14. The van der Waals surface area contributed by atoms with Gasteiger partial charge >= 0.3 is 11.9 Å². The number of rotatable bonds is 4. The van der Waals surface area contributed by atoms with Crippen LogP contribution in [-0.4, -0.2) is 27.9 Å². The maximum Gasteiger partial charge on any atom is 0.335 e. The number of aromatic carboxylic acids is 2. The van der Waals surface area contributed by atoms with E-state index in [1.807, 2.05) is 0 Å². The molecule has 1 aliphatic rings. The third-order valence-electron chi connectivity index (χ3n) is 4.47. The van der Waals surface area contributed by atoms with Gasteiger partial charge in [-0.2, -0.15) is 0 Å². The molecule has 0 bridgehead atoms. The predicted octanol–water partition coefficient (Wildman–Crippen LogP) is 4.30. The van der Waals surface area contributed by atoms with E-state index in [1.54, 1.807) is 36.4 Å². The molecule has 2 aromatic rings. The zero-order valence-corrected chi connectivity index (χ0v) is 14.5. The maximum atomic E-state index is 12.8. The highest BCUT2D eigenvalue weighted by Gasteiger charge is 2.20. The van der Waals surface area contributed by atoms with Gasteiger partial charge in [0.2, 0.25) is 0 Å². The summed E-state index contributed by atoms with van der Waals surface area (Å²) < 4.78 is 0. The normalized spacial score (nSPS) is 17.3. The number of hydrogen-bond acceptors (Lipinski definition) is 3. The largest absolute Gasteiger partial charge is 0.478 e. The third kappa shape index (κ3) is 4.39. The first kappa shape index (κ1) is 18.3. The topological polar surface area (TPSA) is 91.7 Å². The zero-order valence-electron chi connectivity index (χ0n) is 14.5. The molecule has 0 spiro atoms. The highest BCUT2D eigenvalue weighted by atomic mass is 16.4. The van der Waals surface area contributed by atoms with Crippen LogP contribution in [0.5, 0.6) is 0 Å². The summed E-state index contributed by atoms with van der Waals surface area (Å²) in [5, 5.41) is 17.9. The van der Waals surface area contributed by atoms with Crippen molar-refractivity contribution in [3.8, 4) is 0 Å². The summed E-state index contributed by atoms with van der Waals surface area (Å²) in [6, 6.07) is 12.8. The lowest BCUT2D eigenvalue weighted by Crippen LogP contribution is -2.12. The molecule has 1 aliphatic carbocycles. The predicted molar refractivity (Wildman–Crippen MR) is 102 cm³/mol. The maximum absolute atomic E-state index is 12.8. The van der Waals surface area contributed by atoms with E-state index in [2.05, 4.69) is 0 Å². The monoisotopic (exact) mass is 362 g/mol. The van der Waals surface area contributed by atoms with Gasteiger partial charge in [-0.25, -0.2) is 9.59 Å². The fourth-order valence-corrected chi connectivity index (χ4v) is 3.02. The van der Waals surface area contributed by atoms with E-state index in [4.69, 9.17) is 10.2 Å². The molecular weight excluding hydrogens is 344 g/mol. The number of carboxylic acids is 2. The molecule has 0 unspecified atom stereocenters. The molecule has 5 heteroatoms. The minimum absolute atomic E-state index is 0.0223. The van der Waals surface area contributed by atoms with E-state index in [0.29, 0.717) is 24.0 Å². The number of benzene rings is 2. The molecular formula is C22H18O5. The molecule has 1 saturated carbocycles. The molecule has 27 heavy (non-hydrogen) atoms. The molecule has 0 radical (unpaired) electrons. The Kier molecular flexibility index (Phi) is 5.31.